The summed E-state index contributed by atoms with van der Waals surface area (Å²) < 4.78 is 1.33. The van der Waals surface area contributed by atoms with Crippen molar-refractivity contribution in [2.45, 2.75) is 25.7 Å². The van der Waals surface area contributed by atoms with E-state index in [1.165, 1.54) is 11.3 Å². The summed E-state index contributed by atoms with van der Waals surface area (Å²) in [5, 5.41) is 24.0. The maximum absolute atomic E-state index is 8.72. The Bertz CT molecular complexity index is 800. The summed E-state index contributed by atoms with van der Waals surface area (Å²) in [4.78, 5) is 0. The Labute approximate surface area is 158 Å². The van der Waals surface area contributed by atoms with Gasteiger partial charge in [0.25, 0.3) is 0 Å². The van der Waals surface area contributed by atoms with Gasteiger partial charge in [-0.25, -0.2) is 5.48 Å². The molecular weight excluding hydrogens is 395 g/mol. The third kappa shape index (κ3) is 3.68. The van der Waals surface area contributed by atoms with Gasteiger partial charge in [0.15, 0.2) is 0 Å². The van der Waals surface area contributed by atoms with E-state index in [-0.39, 0.29) is 24.3 Å². The van der Waals surface area contributed by atoms with Crippen LogP contribution in [0.3, 0.4) is 0 Å². The highest BCUT2D eigenvalue weighted by Gasteiger charge is 2.30. The highest BCUT2D eigenvalue weighted by Crippen LogP contribution is 2.41. The lowest BCUT2D eigenvalue weighted by Crippen LogP contribution is -2.28. The molecule has 7 nitrogen and oxygen atoms in total. The molecule has 1 unspecified atom stereocenters. The van der Waals surface area contributed by atoms with E-state index in [2.05, 4.69) is 20.4 Å². The van der Waals surface area contributed by atoms with Crippen molar-refractivity contribution in [1.29, 1.82) is 0 Å². The summed E-state index contributed by atoms with van der Waals surface area (Å²) in [6, 6.07) is 1.88. The lowest BCUT2D eigenvalue weighted by molar-refractivity contribution is 0.232. The van der Waals surface area contributed by atoms with Gasteiger partial charge >= 0.3 is 0 Å². The van der Waals surface area contributed by atoms with Crippen molar-refractivity contribution in [2.75, 3.05) is 0 Å². The third-order valence-corrected chi connectivity index (χ3v) is 5.22. The molecule has 0 aliphatic heterocycles. The van der Waals surface area contributed by atoms with Crippen LogP contribution in [0.1, 0.15) is 34.9 Å². The van der Waals surface area contributed by atoms with Crippen molar-refractivity contribution in [3.8, 4) is 0 Å². The van der Waals surface area contributed by atoms with Crippen LogP contribution >= 0.6 is 46.9 Å². The normalized spacial score (nSPS) is 19.1. The summed E-state index contributed by atoms with van der Waals surface area (Å²) >= 11 is 13.7. The zero-order valence-electron chi connectivity index (χ0n) is 12.5. The fourth-order valence-electron chi connectivity index (χ4n) is 2.73. The van der Waals surface area contributed by atoms with E-state index in [1.54, 1.807) is 5.48 Å². The van der Waals surface area contributed by atoms with Crippen LogP contribution in [0.2, 0.25) is 8.67 Å². The second kappa shape index (κ2) is 7.71. The Kier molecular flexibility index (Phi) is 6.11. The standard InChI is InChI=1S/C13H14Cl2N6OS.ClH/c1-5-11-8(18-17-5)2-6(7-4-10(14)23-12(7)15)3-9(11)19-20-13(16)21-22;/h4,6,22H,2-3H2,1H3,(H,17,18)(H3,16,20,21);1H. The van der Waals surface area contributed by atoms with Gasteiger partial charge in [-0.1, -0.05) is 23.2 Å². The monoisotopic (exact) mass is 408 g/mol. The lowest BCUT2D eigenvalue weighted by Gasteiger charge is -2.22. The van der Waals surface area contributed by atoms with Crippen molar-refractivity contribution in [1.82, 2.24) is 15.7 Å². The average Bonchev–Trinajstić information content (AvgIpc) is 3.06. The van der Waals surface area contributed by atoms with Crippen LogP contribution in [-0.2, 0) is 6.42 Å². The Hall–Kier alpha value is -1.32. The van der Waals surface area contributed by atoms with Crippen molar-refractivity contribution in [3.05, 3.63) is 37.3 Å². The maximum Gasteiger partial charge on any atom is 0.237 e. The van der Waals surface area contributed by atoms with Gasteiger partial charge in [-0.3, -0.25) is 10.3 Å². The largest absolute Gasteiger partial charge is 0.367 e. The van der Waals surface area contributed by atoms with Gasteiger partial charge in [-0.2, -0.15) is 10.2 Å². The average molecular weight is 410 g/mol. The van der Waals surface area contributed by atoms with Crippen LogP contribution in [0, 0.1) is 6.92 Å². The number of hydrogen-bond acceptors (Lipinski definition) is 5. The molecule has 0 bridgehead atoms. The Morgan fingerprint density at radius 1 is 1.50 bits per heavy atom. The fraction of sp³-hybridized carbons (Fsp3) is 0.308. The second-order valence-electron chi connectivity index (χ2n) is 5.20. The molecule has 130 valence electrons. The van der Waals surface area contributed by atoms with Crippen molar-refractivity contribution in [2.24, 2.45) is 15.9 Å². The number of guanidine groups is 1. The van der Waals surface area contributed by atoms with E-state index in [0.717, 1.165) is 34.6 Å². The third-order valence-electron chi connectivity index (χ3n) is 3.71. The number of hydroxylamine groups is 1. The Balaban J connectivity index is 0.00000208. The molecule has 24 heavy (non-hydrogen) atoms. The van der Waals surface area contributed by atoms with E-state index >= 15 is 0 Å². The lowest BCUT2D eigenvalue weighted by atomic mass is 9.82. The first-order chi connectivity index (χ1) is 11.0. The van der Waals surface area contributed by atoms with Gasteiger partial charge in [0.2, 0.25) is 5.96 Å². The first-order valence-corrected chi connectivity index (χ1v) is 8.35. The summed E-state index contributed by atoms with van der Waals surface area (Å²) in [6.07, 6.45) is 1.37. The predicted octanol–water partition coefficient (Wildman–Crippen LogP) is 3.24. The fourth-order valence-corrected chi connectivity index (χ4v) is 4.36. The molecule has 5 N–H and O–H groups in total. The number of fused-ring (bicyclic) bond motifs is 1. The van der Waals surface area contributed by atoms with E-state index in [4.69, 9.17) is 34.1 Å². The second-order valence-corrected chi connectivity index (χ2v) is 7.48. The molecule has 0 aromatic carbocycles. The number of rotatable bonds is 2. The molecule has 1 aliphatic rings. The summed E-state index contributed by atoms with van der Waals surface area (Å²) in [7, 11) is 0. The molecule has 3 rings (SSSR count). The topological polar surface area (TPSA) is 112 Å². The number of H-pyrrole nitrogens is 1. The number of thiophene rings is 1. The van der Waals surface area contributed by atoms with Crippen LogP contribution in [0.15, 0.2) is 16.3 Å². The van der Waals surface area contributed by atoms with Gasteiger partial charge in [-0.15, -0.1) is 28.8 Å². The zero-order chi connectivity index (χ0) is 16.6. The van der Waals surface area contributed by atoms with Crippen LogP contribution < -0.4 is 11.2 Å². The molecule has 0 radical (unpaired) electrons. The van der Waals surface area contributed by atoms with E-state index in [0.29, 0.717) is 15.1 Å². The Morgan fingerprint density at radius 2 is 2.25 bits per heavy atom. The molecule has 1 aliphatic carbocycles. The van der Waals surface area contributed by atoms with Crippen LogP contribution in [0.5, 0.6) is 0 Å². The molecule has 0 spiro atoms. The van der Waals surface area contributed by atoms with Gasteiger partial charge in [0, 0.05) is 11.3 Å². The highest BCUT2D eigenvalue weighted by atomic mass is 35.5. The number of nitrogens with two attached hydrogens (primary N) is 1. The molecule has 11 heteroatoms. The minimum atomic E-state index is -0.182. The van der Waals surface area contributed by atoms with Gasteiger partial charge < -0.3 is 5.73 Å². The van der Waals surface area contributed by atoms with Crippen LogP contribution in [-0.4, -0.2) is 27.1 Å². The van der Waals surface area contributed by atoms with Crippen molar-refractivity contribution < 1.29 is 5.21 Å². The number of hydrogen-bond donors (Lipinski definition) is 4. The van der Waals surface area contributed by atoms with Gasteiger partial charge in [-0.05, 0) is 37.3 Å². The minimum Gasteiger partial charge on any atom is -0.367 e. The molecular formula is C13H15Cl3N6OS. The number of aromatic nitrogens is 2. The van der Waals surface area contributed by atoms with E-state index in [1.807, 2.05) is 13.0 Å². The molecule has 0 fully saturated rings. The quantitative estimate of drug-likeness (QED) is 0.346. The van der Waals surface area contributed by atoms with Gasteiger partial charge in [0.05, 0.1) is 20.1 Å². The smallest absolute Gasteiger partial charge is 0.237 e. The van der Waals surface area contributed by atoms with E-state index < -0.39 is 0 Å². The van der Waals surface area contributed by atoms with E-state index in [9.17, 15) is 0 Å². The molecule has 2 aromatic rings. The first-order valence-electron chi connectivity index (χ1n) is 6.78. The van der Waals surface area contributed by atoms with Crippen molar-refractivity contribution in [3.63, 3.8) is 0 Å². The van der Waals surface area contributed by atoms with Crippen molar-refractivity contribution >= 4 is 58.6 Å². The Morgan fingerprint density at radius 3 is 2.88 bits per heavy atom. The number of aromatic amines is 1. The van der Waals surface area contributed by atoms with Gasteiger partial charge in [0.1, 0.15) is 0 Å². The molecule has 0 amide bonds. The molecule has 2 heterocycles. The summed E-state index contributed by atoms with van der Waals surface area (Å²) in [5.41, 5.74) is 11.6. The number of aryl methyl sites for hydroxylation is 1. The molecule has 0 saturated heterocycles. The zero-order valence-corrected chi connectivity index (χ0v) is 15.7. The predicted molar refractivity (Wildman–Crippen MR) is 99.1 cm³/mol. The summed E-state index contributed by atoms with van der Waals surface area (Å²) in [6.45, 7) is 1.92. The first kappa shape index (κ1) is 19.0. The van der Waals surface area contributed by atoms with Crippen LogP contribution in [0.4, 0.5) is 0 Å². The molecule has 0 saturated carbocycles. The molecule has 2 aromatic heterocycles. The minimum absolute atomic E-state index is 0. The SMILES string of the molecule is Cc1[nH]nc2c1C(=N/N=C(/N)NO)CC(c1cc(Cl)sc1Cl)C2.Cl. The summed E-state index contributed by atoms with van der Waals surface area (Å²) in [5.74, 6) is -0.0716. The van der Waals surface area contributed by atoms with Crippen LogP contribution in [0.25, 0.3) is 0 Å². The molecule has 1 atom stereocenters. The number of nitrogens with zero attached hydrogens (tertiary/aromatic N) is 3. The number of nitrogens with one attached hydrogen (secondary N) is 2. The highest BCUT2D eigenvalue weighted by molar-refractivity contribution is 7.20. The maximum atomic E-state index is 8.72. The number of halogens is 3.